The molecule has 0 fully saturated rings. The highest BCUT2D eigenvalue weighted by molar-refractivity contribution is 7.98. The van der Waals surface area contributed by atoms with Gasteiger partial charge in [-0.15, -0.1) is 11.8 Å². The van der Waals surface area contributed by atoms with Gasteiger partial charge in [0.05, 0.1) is 5.69 Å². The molecule has 1 N–H and O–H groups in total. The Morgan fingerprint density at radius 1 is 1.15 bits per heavy atom. The normalized spacial score (nSPS) is 13.1. The molecule has 2 heterocycles. The van der Waals surface area contributed by atoms with E-state index in [-0.39, 0.29) is 11.6 Å². The molecule has 0 saturated heterocycles. The monoisotopic (exact) mass is 283 g/mol. The SMILES string of the molecule is Oc1cccc2cc3c(nc12)-c1cc(F)ccc1SC3. The minimum Gasteiger partial charge on any atom is -0.506 e. The molecule has 3 aromatic rings. The van der Waals surface area contributed by atoms with E-state index in [1.165, 1.54) is 12.1 Å². The van der Waals surface area contributed by atoms with Gasteiger partial charge in [-0.05, 0) is 35.9 Å². The molecular formula is C16H10FNOS. The Kier molecular flexibility index (Phi) is 2.47. The van der Waals surface area contributed by atoms with Crippen molar-refractivity contribution in [2.75, 3.05) is 0 Å². The van der Waals surface area contributed by atoms with Crippen LogP contribution < -0.4 is 0 Å². The van der Waals surface area contributed by atoms with Gasteiger partial charge in [-0.1, -0.05) is 12.1 Å². The Morgan fingerprint density at radius 3 is 2.95 bits per heavy atom. The number of pyridine rings is 1. The standard InChI is InChI=1S/C16H10FNOS/c17-11-4-5-14-12(7-11)15-10(8-20-14)6-9-2-1-3-13(19)16(9)18-15/h1-7,19H,8H2. The number of thioether (sulfide) groups is 1. The average Bonchev–Trinajstić information content (AvgIpc) is 2.46. The summed E-state index contributed by atoms with van der Waals surface area (Å²) in [5.74, 6) is 0.699. The molecular weight excluding hydrogens is 273 g/mol. The zero-order chi connectivity index (χ0) is 13.7. The van der Waals surface area contributed by atoms with Gasteiger partial charge < -0.3 is 5.11 Å². The van der Waals surface area contributed by atoms with Crippen molar-refractivity contribution in [1.29, 1.82) is 0 Å². The van der Waals surface area contributed by atoms with Gasteiger partial charge in [0.15, 0.2) is 0 Å². The van der Waals surface area contributed by atoms with Gasteiger partial charge in [-0.3, -0.25) is 0 Å². The minimum absolute atomic E-state index is 0.154. The molecule has 0 amide bonds. The van der Waals surface area contributed by atoms with Crippen LogP contribution in [0.5, 0.6) is 5.75 Å². The van der Waals surface area contributed by atoms with Crippen molar-refractivity contribution in [2.24, 2.45) is 0 Å². The number of halogens is 1. The van der Waals surface area contributed by atoms with E-state index in [1.54, 1.807) is 30.0 Å². The summed E-state index contributed by atoms with van der Waals surface area (Å²) < 4.78 is 13.5. The molecule has 20 heavy (non-hydrogen) atoms. The first-order valence-corrected chi connectivity index (χ1v) is 7.25. The Hall–Kier alpha value is -2.07. The summed E-state index contributed by atoms with van der Waals surface area (Å²) in [5.41, 5.74) is 3.22. The molecule has 0 radical (unpaired) electrons. The maximum absolute atomic E-state index is 13.5. The third kappa shape index (κ3) is 1.68. The molecule has 0 unspecified atom stereocenters. The number of para-hydroxylation sites is 1. The zero-order valence-electron chi connectivity index (χ0n) is 10.4. The summed E-state index contributed by atoms with van der Waals surface area (Å²) >= 11 is 1.68. The van der Waals surface area contributed by atoms with Crippen LogP contribution in [0.1, 0.15) is 5.56 Å². The number of hydrogen-bond donors (Lipinski definition) is 1. The van der Waals surface area contributed by atoms with Gasteiger partial charge in [0, 0.05) is 21.6 Å². The number of phenols is 1. The lowest BCUT2D eigenvalue weighted by Crippen LogP contribution is -2.00. The minimum atomic E-state index is -0.267. The van der Waals surface area contributed by atoms with Crippen LogP contribution in [0.2, 0.25) is 0 Å². The summed E-state index contributed by atoms with van der Waals surface area (Å²) in [6.07, 6.45) is 0. The van der Waals surface area contributed by atoms with Crippen molar-refractivity contribution >= 4 is 22.7 Å². The Labute approximate surface area is 119 Å². The number of nitrogens with zero attached hydrogens (tertiary/aromatic N) is 1. The highest BCUT2D eigenvalue weighted by Gasteiger charge is 2.20. The van der Waals surface area contributed by atoms with Crippen LogP contribution >= 0.6 is 11.8 Å². The topological polar surface area (TPSA) is 33.1 Å². The Bertz CT molecular complexity index is 847. The number of benzene rings is 2. The van der Waals surface area contributed by atoms with E-state index >= 15 is 0 Å². The molecule has 4 rings (SSSR count). The number of aromatic nitrogens is 1. The summed E-state index contributed by atoms with van der Waals surface area (Å²) in [6, 6.07) is 12.1. The molecule has 0 atom stereocenters. The number of phenolic OH excluding ortho intramolecular Hbond substituents is 1. The second-order valence-corrected chi connectivity index (χ2v) is 5.79. The molecule has 0 saturated carbocycles. The van der Waals surface area contributed by atoms with Gasteiger partial charge in [0.25, 0.3) is 0 Å². The van der Waals surface area contributed by atoms with Gasteiger partial charge in [0.2, 0.25) is 0 Å². The van der Waals surface area contributed by atoms with E-state index in [1.807, 2.05) is 12.1 Å². The average molecular weight is 283 g/mol. The lowest BCUT2D eigenvalue weighted by molar-refractivity contribution is 0.480. The van der Waals surface area contributed by atoms with Crippen LogP contribution in [-0.2, 0) is 5.75 Å². The molecule has 4 heteroatoms. The van der Waals surface area contributed by atoms with Crippen molar-refractivity contribution in [1.82, 2.24) is 4.98 Å². The maximum atomic E-state index is 13.5. The predicted octanol–water partition coefficient (Wildman–Crippen LogP) is 4.35. The van der Waals surface area contributed by atoms with Crippen molar-refractivity contribution in [3.8, 4) is 17.0 Å². The van der Waals surface area contributed by atoms with E-state index in [0.717, 1.165) is 32.9 Å². The smallest absolute Gasteiger partial charge is 0.141 e. The first-order valence-electron chi connectivity index (χ1n) is 6.27. The lowest BCUT2D eigenvalue weighted by atomic mass is 10.0. The van der Waals surface area contributed by atoms with E-state index < -0.39 is 0 Å². The zero-order valence-corrected chi connectivity index (χ0v) is 11.2. The van der Waals surface area contributed by atoms with E-state index in [4.69, 9.17) is 0 Å². The Balaban J connectivity index is 2.06. The van der Waals surface area contributed by atoms with Crippen LogP contribution in [0.15, 0.2) is 47.4 Å². The molecule has 1 aliphatic heterocycles. The fourth-order valence-corrected chi connectivity index (χ4v) is 3.54. The number of hydrogen-bond acceptors (Lipinski definition) is 3. The molecule has 2 nitrogen and oxygen atoms in total. The second kappa shape index (κ2) is 4.21. The summed E-state index contributed by atoms with van der Waals surface area (Å²) in [4.78, 5) is 5.60. The second-order valence-electron chi connectivity index (χ2n) is 4.77. The van der Waals surface area contributed by atoms with Crippen LogP contribution in [0.4, 0.5) is 4.39 Å². The predicted molar refractivity (Wildman–Crippen MR) is 78.4 cm³/mol. The first-order chi connectivity index (χ1) is 9.72. The number of rotatable bonds is 0. The quantitative estimate of drug-likeness (QED) is 0.665. The summed E-state index contributed by atoms with van der Waals surface area (Å²) in [6.45, 7) is 0. The third-order valence-electron chi connectivity index (χ3n) is 3.48. The molecule has 0 aliphatic carbocycles. The largest absolute Gasteiger partial charge is 0.506 e. The van der Waals surface area contributed by atoms with E-state index in [2.05, 4.69) is 4.98 Å². The van der Waals surface area contributed by atoms with Gasteiger partial charge >= 0.3 is 0 Å². The molecule has 1 aliphatic rings. The fourth-order valence-electron chi connectivity index (χ4n) is 2.54. The third-order valence-corrected chi connectivity index (χ3v) is 4.61. The van der Waals surface area contributed by atoms with Crippen molar-refractivity contribution < 1.29 is 9.50 Å². The number of fused-ring (bicyclic) bond motifs is 4. The number of aromatic hydroxyl groups is 1. The van der Waals surface area contributed by atoms with Gasteiger partial charge in [-0.2, -0.15) is 0 Å². The van der Waals surface area contributed by atoms with Crippen LogP contribution in [0, 0.1) is 5.82 Å². The van der Waals surface area contributed by atoms with E-state index in [0.29, 0.717) is 5.52 Å². The van der Waals surface area contributed by atoms with Gasteiger partial charge in [-0.25, -0.2) is 9.37 Å². The van der Waals surface area contributed by atoms with E-state index in [9.17, 15) is 9.50 Å². The van der Waals surface area contributed by atoms with Crippen molar-refractivity contribution in [2.45, 2.75) is 10.6 Å². The molecule has 2 aromatic carbocycles. The highest BCUT2D eigenvalue weighted by Crippen LogP contribution is 2.42. The van der Waals surface area contributed by atoms with Crippen molar-refractivity contribution in [3.05, 3.63) is 53.8 Å². The van der Waals surface area contributed by atoms with Crippen LogP contribution in [0.3, 0.4) is 0 Å². The molecule has 0 spiro atoms. The molecule has 0 bridgehead atoms. The fraction of sp³-hybridized carbons (Fsp3) is 0.0625. The van der Waals surface area contributed by atoms with Crippen LogP contribution in [-0.4, -0.2) is 10.1 Å². The Morgan fingerprint density at radius 2 is 2.05 bits per heavy atom. The molecule has 98 valence electrons. The van der Waals surface area contributed by atoms with Crippen molar-refractivity contribution in [3.63, 3.8) is 0 Å². The van der Waals surface area contributed by atoms with Crippen LogP contribution in [0.25, 0.3) is 22.2 Å². The molecule has 1 aromatic heterocycles. The summed E-state index contributed by atoms with van der Waals surface area (Å²) in [7, 11) is 0. The lowest BCUT2D eigenvalue weighted by Gasteiger charge is -2.19. The maximum Gasteiger partial charge on any atom is 0.141 e. The highest BCUT2D eigenvalue weighted by atomic mass is 32.2. The van der Waals surface area contributed by atoms with Gasteiger partial charge in [0.1, 0.15) is 17.1 Å². The first kappa shape index (κ1) is 11.7. The summed E-state index contributed by atoms with van der Waals surface area (Å²) in [5, 5.41) is 10.8.